The van der Waals surface area contributed by atoms with E-state index < -0.39 is 0 Å². The average Bonchev–Trinajstić information content (AvgIpc) is 2.57. The minimum Gasteiger partial charge on any atom is -0.237 e. The van der Waals surface area contributed by atoms with Gasteiger partial charge in [-0.3, -0.25) is 0 Å². The smallest absolute Gasteiger partial charge is 0.117 e. The molecule has 1 aromatic carbocycles. The van der Waals surface area contributed by atoms with E-state index in [2.05, 4.69) is 17.6 Å². The molecule has 1 heterocycles. The van der Waals surface area contributed by atoms with Gasteiger partial charge >= 0.3 is 0 Å². The van der Waals surface area contributed by atoms with Gasteiger partial charge in [-0.05, 0) is 18.2 Å². The van der Waals surface area contributed by atoms with Gasteiger partial charge in [-0.15, -0.1) is 11.3 Å². The van der Waals surface area contributed by atoms with Crippen molar-refractivity contribution in [2.24, 2.45) is 0 Å². The largest absolute Gasteiger partial charge is 0.237 e. The SMILES string of the molecule is C=C/C=C/c1nc2ccccc2s1. The van der Waals surface area contributed by atoms with Crippen LogP contribution in [0.3, 0.4) is 0 Å². The van der Waals surface area contributed by atoms with Crippen LogP contribution in [0, 0.1) is 0 Å². The summed E-state index contributed by atoms with van der Waals surface area (Å²) in [5.41, 5.74) is 1.07. The third-order valence-corrected chi connectivity index (χ3v) is 2.69. The lowest BCUT2D eigenvalue weighted by molar-refractivity contribution is 1.46. The van der Waals surface area contributed by atoms with Gasteiger partial charge in [-0.2, -0.15) is 0 Å². The van der Waals surface area contributed by atoms with E-state index in [9.17, 15) is 0 Å². The van der Waals surface area contributed by atoms with Crippen molar-refractivity contribution in [1.29, 1.82) is 0 Å². The Bertz CT molecular complexity index is 421. The molecule has 0 saturated heterocycles. The summed E-state index contributed by atoms with van der Waals surface area (Å²) in [5, 5.41) is 1.03. The predicted molar refractivity (Wildman–Crippen MR) is 58.9 cm³/mol. The second-order valence-corrected chi connectivity index (χ2v) is 3.68. The number of fused-ring (bicyclic) bond motifs is 1. The van der Waals surface area contributed by atoms with Crippen LogP contribution in [-0.2, 0) is 0 Å². The quantitative estimate of drug-likeness (QED) is 0.656. The lowest BCUT2D eigenvalue weighted by atomic mass is 10.3. The number of thiazole rings is 1. The summed E-state index contributed by atoms with van der Waals surface area (Å²) >= 11 is 1.69. The van der Waals surface area contributed by atoms with Crippen molar-refractivity contribution < 1.29 is 0 Å². The van der Waals surface area contributed by atoms with Gasteiger partial charge in [0.15, 0.2) is 0 Å². The summed E-state index contributed by atoms with van der Waals surface area (Å²) in [5.74, 6) is 0. The number of rotatable bonds is 2. The minimum absolute atomic E-state index is 1.03. The molecular formula is C11H9NS. The average molecular weight is 187 g/mol. The maximum Gasteiger partial charge on any atom is 0.117 e. The highest BCUT2D eigenvalue weighted by atomic mass is 32.1. The number of para-hydroxylation sites is 1. The number of nitrogens with zero attached hydrogens (tertiary/aromatic N) is 1. The Morgan fingerprint density at radius 3 is 2.92 bits per heavy atom. The number of allylic oxidation sites excluding steroid dienone is 2. The molecule has 0 fully saturated rings. The Morgan fingerprint density at radius 1 is 1.31 bits per heavy atom. The van der Waals surface area contributed by atoms with Crippen LogP contribution in [0.1, 0.15) is 5.01 Å². The highest BCUT2D eigenvalue weighted by Gasteiger charge is 1.97. The van der Waals surface area contributed by atoms with E-state index in [4.69, 9.17) is 0 Å². The fourth-order valence-electron chi connectivity index (χ4n) is 1.11. The number of benzene rings is 1. The highest BCUT2D eigenvalue weighted by Crippen LogP contribution is 2.22. The van der Waals surface area contributed by atoms with Gasteiger partial charge in [-0.25, -0.2) is 4.98 Å². The van der Waals surface area contributed by atoms with E-state index >= 15 is 0 Å². The van der Waals surface area contributed by atoms with Crippen LogP contribution in [0.4, 0.5) is 0 Å². The standard InChI is InChI=1S/C11H9NS/c1-2-3-8-11-12-9-6-4-5-7-10(9)13-11/h2-8H,1H2/b8-3+. The van der Waals surface area contributed by atoms with E-state index in [0.29, 0.717) is 0 Å². The number of hydrogen-bond donors (Lipinski definition) is 0. The maximum absolute atomic E-state index is 4.43. The first-order valence-electron chi connectivity index (χ1n) is 4.05. The molecule has 1 aromatic heterocycles. The molecular weight excluding hydrogens is 178 g/mol. The fourth-order valence-corrected chi connectivity index (χ4v) is 1.99. The summed E-state index contributed by atoms with van der Waals surface area (Å²) in [7, 11) is 0. The van der Waals surface area contributed by atoms with Crippen LogP contribution in [0.25, 0.3) is 16.3 Å². The lowest BCUT2D eigenvalue weighted by Gasteiger charge is -1.80. The van der Waals surface area contributed by atoms with Gasteiger partial charge in [0.2, 0.25) is 0 Å². The third kappa shape index (κ3) is 1.68. The summed E-state index contributed by atoms with van der Waals surface area (Å²) in [4.78, 5) is 4.43. The molecule has 2 aromatic rings. The zero-order valence-electron chi connectivity index (χ0n) is 7.10. The summed E-state index contributed by atoms with van der Waals surface area (Å²) in [6.07, 6.45) is 5.63. The molecule has 64 valence electrons. The zero-order valence-corrected chi connectivity index (χ0v) is 7.92. The van der Waals surface area contributed by atoms with Gasteiger partial charge < -0.3 is 0 Å². The highest BCUT2D eigenvalue weighted by molar-refractivity contribution is 7.19. The zero-order chi connectivity index (χ0) is 9.10. The van der Waals surface area contributed by atoms with Crippen molar-refractivity contribution in [1.82, 2.24) is 4.98 Å². The minimum atomic E-state index is 1.03. The van der Waals surface area contributed by atoms with Gasteiger partial charge in [0.05, 0.1) is 10.2 Å². The van der Waals surface area contributed by atoms with Gasteiger partial charge in [0.25, 0.3) is 0 Å². The first-order valence-corrected chi connectivity index (χ1v) is 4.86. The van der Waals surface area contributed by atoms with Crippen molar-refractivity contribution in [2.75, 3.05) is 0 Å². The monoisotopic (exact) mass is 187 g/mol. The molecule has 2 rings (SSSR count). The van der Waals surface area contributed by atoms with Crippen molar-refractivity contribution >= 4 is 27.6 Å². The molecule has 2 heteroatoms. The van der Waals surface area contributed by atoms with E-state index in [1.54, 1.807) is 17.4 Å². The topological polar surface area (TPSA) is 12.9 Å². The molecule has 13 heavy (non-hydrogen) atoms. The Kier molecular flexibility index (Phi) is 2.23. The Morgan fingerprint density at radius 2 is 2.15 bits per heavy atom. The van der Waals surface area contributed by atoms with Crippen molar-refractivity contribution in [3.05, 3.63) is 48.0 Å². The fraction of sp³-hybridized carbons (Fsp3) is 0. The van der Waals surface area contributed by atoms with Crippen LogP contribution in [0.5, 0.6) is 0 Å². The summed E-state index contributed by atoms with van der Waals surface area (Å²) < 4.78 is 1.23. The lowest BCUT2D eigenvalue weighted by Crippen LogP contribution is -1.66. The maximum atomic E-state index is 4.43. The molecule has 1 nitrogen and oxygen atoms in total. The Labute approximate surface area is 81.1 Å². The Balaban J connectivity index is 2.49. The van der Waals surface area contributed by atoms with Crippen molar-refractivity contribution in [2.45, 2.75) is 0 Å². The van der Waals surface area contributed by atoms with Crippen LogP contribution in [0.2, 0.25) is 0 Å². The van der Waals surface area contributed by atoms with Crippen LogP contribution < -0.4 is 0 Å². The van der Waals surface area contributed by atoms with Gasteiger partial charge in [0.1, 0.15) is 5.01 Å². The van der Waals surface area contributed by atoms with E-state index in [1.807, 2.05) is 30.4 Å². The van der Waals surface area contributed by atoms with Crippen molar-refractivity contribution in [3.63, 3.8) is 0 Å². The Hall–Kier alpha value is -1.41. The molecule has 0 saturated carbocycles. The van der Waals surface area contributed by atoms with Gasteiger partial charge in [0, 0.05) is 0 Å². The molecule has 0 N–H and O–H groups in total. The number of aromatic nitrogens is 1. The molecule has 0 spiro atoms. The first-order chi connectivity index (χ1) is 6.40. The van der Waals surface area contributed by atoms with E-state index in [0.717, 1.165) is 10.5 Å². The molecule has 0 atom stereocenters. The van der Waals surface area contributed by atoms with E-state index in [-0.39, 0.29) is 0 Å². The summed E-state index contributed by atoms with van der Waals surface area (Å²) in [6, 6.07) is 8.14. The van der Waals surface area contributed by atoms with E-state index in [1.165, 1.54) is 4.70 Å². The van der Waals surface area contributed by atoms with Crippen LogP contribution in [0.15, 0.2) is 43.0 Å². The second kappa shape index (κ2) is 3.54. The normalized spacial score (nSPS) is 11.1. The molecule has 0 amide bonds. The predicted octanol–water partition coefficient (Wildman–Crippen LogP) is 3.50. The molecule has 0 aliphatic carbocycles. The molecule has 0 radical (unpaired) electrons. The van der Waals surface area contributed by atoms with Gasteiger partial charge in [-0.1, -0.05) is 30.9 Å². The van der Waals surface area contributed by atoms with Crippen LogP contribution >= 0.6 is 11.3 Å². The molecule has 0 unspecified atom stereocenters. The van der Waals surface area contributed by atoms with Crippen LogP contribution in [-0.4, -0.2) is 4.98 Å². The van der Waals surface area contributed by atoms with Crippen molar-refractivity contribution in [3.8, 4) is 0 Å². The number of hydrogen-bond acceptors (Lipinski definition) is 2. The third-order valence-electron chi connectivity index (χ3n) is 1.69. The molecule has 0 bridgehead atoms. The summed E-state index contributed by atoms with van der Waals surface area (Å²) in [6.45, 7) is 3.62. The second-order valence-electron chi connectivity index (χ2n) is 2.61. The first kappa shape index (κ1) is 8.20. The molecule has 0 aliphatic rings. The molecule has 0 aliphatic heterocycles.